The van der Waals surface area contributed by atoms with Crippen LogP contribution in [0, 0.1) is 0 Å². The fourth-order valence-corrected chi connectivity index (χ4v) is 5.39. The van der Waals surface area contributed by atoms with Crippen molar-refractivity contribution in [3.63, 3.8) is 0 Å². The number of amides is 2. The van der Waals surface area contributed by atoms with Gasteiger partial charge < -0.3 is 10.2 Å². The lowest BCUT2D eigenvalue weighted by molar-refractivity contribution is -0.132. The van der Waals surface area contributed by atoms with Crippen LogP contribution in [-0.4, -0.2) is 53.0 Å². The molecule has 2 heterocycles. The van der Waals surface area contributed by atoms with E-state index in [1.54, 1.807) is 0 Å². The van der Waals surface area contributed by atoms with E-state index in [4.69, 9.17) is 0 Å². The Morgan fingerprint density at radius 1 is 1.21 bits per heavy atom. The van der Waals surface area contributed by atoms with Crippen molar-refractivity contribution in [2.45, 2.75) is 62.8 Å². The van der Waals surface area contributed by atoms with Crippen molar-refractivity contribution in [3.05, 3.63) is 35.9 Å². The Morgan fingerprint density at radius 3 is 2.68 bits per heavy atom. The van der Waals surface area contributed by atoms with Crippen molar-refractivity contribution < 1.29 is 9.59 Å². The molecule has 1 unspecified atom stereocenters. The van der Waals surface area contributed by atoms with Crippen LogP contribution in [-0.2, 0) is 16.0 Å². The fraction of sp³-hybridized carbons (Fsp3) is 0.636. The van der Waals surface area contributed by atoms with E-state index >= 15 is 0 Å². The topological polar surface area (TPSA) is 61.4 Å². The standard InChI is InChI=1S/C22H33N3O2S/c1-2-3-5-10-20(26)25-15-12-22(13-16-25)24-19(17-28-22)21(27)23-14-11-18-8-6-4-7-9-18/h4,6-9,19,24H,2-3,5,10-17H2,1H3,(H,23,27). The van der Waals surface area contributed by atoms with E-state index in [1.165, 1.54) is 5.56 Å². The Labute approximate surface area is 173 Å². The van der Waals surface area contributed by atoms with Crippen LogP contribution in [0.3, 0.4) is 0 Å². The summed E-state index contributed by atoms with van der Waals surface area (Å²) in [6, 6.07) is 10.1. The second kappa shape index (κ2) is 10.3. The number of hydrogen-bond donors (Lipinski definition) is 2. The number of nitrogens with zero attached hydrogens (tertiary/aromatic N) is 1. The smallest absolute Gasteiger partial charge is 0.238 e. The molecule has 2 saturated heterocycles. The van der Waals surface area contributed by atoms with Gasteiger partial charge >= 0.3 is 0 Å². The molecular weight excluding hydrogens is 370 g/mol. The Hall–Kier alpha value is -1.53. The number of benzene rings is 1. The lowest BCUT2D eigenvalue weighted by Crippen LogP contribution is -2.54. The van der Waals surface area contributed by atoms with Gasteiger partial charge in [0.15, 0.2) is 0 Å². The molecule has 0 aliphatic carbocycles. The van der Waals surface area contributed by atoms with E-state index in [1.807, 2.05) is 34.9 Å². The molecule has 2 fully saturated rings. The lowest BCUT2D eigenvalue weighted by Gasteiger charge is -2.39. The number of piperidine rings is 1. The number of rotatable bonds is 8. The van der Waals surface area contributed by atoms with Crippen LogP contribution in [0.25, 0.3) is 0 Å². The van der Waals surface area contributed by atoms with Gasteiger partial charge in [-0.2, -0.15) is 0 Å². The van der Waals surface area contributed by atoms with Gasteiger partial charge in [-0.3, -0.25) is 14.9 Å². The molecule has 2 amide bonds. The van der Waals surface area contributed by atoms with Crippen molar-refractivity contribution in [1.29, 1.82) is 0 Å². The molecule has 1 spiro atoms. The quantitative estimate of drug-likeness (QED) is 0.655. The van der Waals surface area contributed by atoms with Gasteiger partial charge in [-0.1, -0.05) is 50.1 Å². The molecule has 2 N–H and O–H groups in total. The number of likely N-dealkylation sites (tertiary alicyclic amines) is 1. The molecule has 0 bridgehead atoms. The van der Waals surface area contributed by atoms with E-state index in [0.29, 0.717) is 18.9 Å². The van der Waals surface area contributed by atoms with E-state index < -0.39 is 0 Å². The van der Waals surface area contributed by atoms with Crippen molar-refractivity contribution in [2.75, 3.05) is 25.4 Å². The van der Waals surface area contributed by atoms with Gasteiger partial charge in [0.05, 0.1) is 10.9 Å². The zero-order valence-corrected chi connectivity index (χ0v) is 17.7. The summed E-state index contributed by atoms with van der Waals surface area (Å²) in [5.41, 5.74) is 1.24. The maximum absolute atomic E-state index is 12.5. The minimum atomic E-state index is -0.132. The fourth-order valence-electron chi connectivity index (χ4n) is 3.97. The minimum absolute atomic E-state index is 0.0400. The summed E-state index contributed by atoms with van der Waals surface area (Å²) < 4.78 is 0. The van der Waals surface area contributed by atoms with Crippen molar-refractivity contribution in [2.24, 2.45) is 0 Å². The summed E-state index contributed by atoms with van der Waals surface area (Å²) in [6.07, 6.45) is 6.64. The molecule has 6 heteroatoms. The molecule has 2 aliphatic rings. The molecule has 1 aromatic rings. The van der Waals surface area contributed by atoms with Gasteiger partial charge in [-0.25, -0.2) is 0 Å². The summed E-state index contributed by atoms with van der Waals surface area (Å²) in [7, 11) is 0. The third kappa shape index (κ3) is 5.74. The number of nitrogens with one attached hydrogen (secondary N) is 2. The predicted octanol–water partition coefficient (Wildman–Crippen LogP) is 2.95. The maximum Gasteiger partial charge on any atom is 0.238 e. The highest BCUT2D eigenvalue weighted by atomic mass is 32.2. The number of unbranched alkanes of at least 4 members (excludes halogenated alkanes) is 2. The van der Waals surface area contributed by atoms with Crippen LogP contribution >= 0.6 is 11.8 Å². The number of hydrogen-bond acceptors (Lipinski definition) is 4. The molecule has 0 aromatic heterocycles. The number of carbonyl (C=O) groups excluding carboxylic acids is 2. The average molecular weight is 404 g/mol. The normalized spacial score (nSPS) is 21.0. The van der Waals surface area contributed by atoms with Gasteiger partial charge in [-0.15, -0.1) is 11.8 Å². The summed E-state index contributed by atoms with van der Waals surface area (Å²) in [6.45, 7) is 4.42. The number of carbonyl (C=O) groups is 2. The van der Waals surface area contributed by atoms with Crippen molar-refractivity contribution in [1.82, 2.24) is 15.5 Å². The Kier molecular flexibility index (Phi) is 7.80. The summed E-state index contributed by atoms with van der Waals surface area (Å²) in [4.78, 5) is 26.8. The molecule has 28 heavy (non-hydrogen) atoms. The summed E-state index contributed by atoms with van der Waals surface area (Å²) in [5, 5.41) is 6.65. The van der Waals surface area contributed by atoms with Gasteiger partial charge in [0.1, 0.15) is 0 Å². The Balaban J connectivity index is 1.38. The SMILES string of the molecule is CCCCCC(=O)N1CCC2(CC1)NC(C(=O)NCCc1ccccc1)CS2. The molecule has 1 aromatic carbocycles. The van der Waals surface area contributed by atoms with Crippen LogP contribution < -0.4 is 10.6 Å². The van der Waals surface area contributed by atoms with E-state index in [9.17, 15) is 9.59 Å². The maximum atomic E-state index is 12.5. The van der Waals surface area contributed by atoms with Crippen molar-refractivity contribution >= 4 is 23.6 Å². The Bertz CT molecular complexity index is 644. The first kappa shape index (κ1) is 21.2. The highest BCUT2D eigenvalue weighted by Crippen LogP contribution is 2.39. The first-order valence-corrected chi connectivity index (χ1v) is 11.6. The first-order chi connectivity index (χ1) is 13.6. The summed E-state index contributed by atoms with van der Waals surface area (Å²) >= 11 is 1.86. The molecule has 0 saturated carbocycles. The molecule has 2 aliphatic heterocycles. The zero-order chi connectivity index (χ0) is 19.8. The molecular formula is C22H33N3O2S. The largest absolute Gasteiger partial charge is 0.354 e. The predicted molar refractivity (Wildman–Crippen MR) is 115 cm³/mol. The van der Waals surface area contributed by atoms with Crippen LogP contribution in [0.4, 0.5) is 0 Å². The van der Waals surface area contributed by atoms with Gasteiger partial charge in [0, 0.05) is 31.8 Å². The second-order valence-corrected chi connectivity index (χ2v) is 9.27. The van der Waals surface area contributed by atoms with Crippen LogP contribution in [0.5, 0.6) is 0 Å². The molecule has 0 radical (unpaired) electrons. The van der Waals surface area contributed by atoms with Crippen molar-refractivity contribution in [3.8, 4) is 0 Å². The average Bonchev–Trinajstić information content (AvgIpc) is 3.13. The minimum Gasteiger partial charge on any atom is -0.354 e. The van der Waals surface area contributed by atoms with Gasteiger partial charge in [0.2, 0.25) is 11.8 Å². The summed E-state index contributed by atoms with van der Waals surface area (Å²) in [5.74, 6) is 1.20. The van der Waals surface area contributed by atoms with E-state index in [-0.39, 0.29) is 16.8 Å². The van der Waals surface area contributed by atoms with Gasteiger partial charge in [-0.05, 0) is 31.2 Å². The van der Waals surface area contributed by atoms with Gasteiger partial charge in [0.25, 0.3) is 0 Å². The molecule has 3 rings (SSSR count). The van der Waals surface area contributed by atoms with E-state index in [2.05, 4.69) is 29.7 Å². The molecule has 5 nitrogen and oxygen atoms in total. The van der Waals surface area contributed by atoms with E-state index in [0.717, 1.165) is 57.4 Å². The van der Waals surface area contributed by atoms with Crippen LogP contribution in [0.15, 0.2) is 30.3 Å². The monoisotopic (exact) mass is 403 g/mol. The number of thioether (sulfide) groups is 1. The molecule has 1 atom stereocenters. The highest BCUT2D eigenvalue weighted by Gasteiger charge is 2.44. The first-order valence-electron chi connectivity index (χ1n) is 10.6. The van der Waals surface area contributed by atoms with Crippen LogP contribution in [0.2, 0.25) is 0 Å². The third-order valence-corrected chi connectivity index (χ3v) is 7.33. The zero-order valence-electron chi connectivity index (χ0n) is 16.9. The second-order valence-electron chi connectivity index (χ2n) is 7.87. The Morgan fingerprint density at radius 2 is 1.96 bits per heavy atom. The lowest BCUT2D eigenvalue weighted by atomic mass is 10.0. The van der Waals surface area contributed by atoms with Crippen LogP contribution in [0.1, 0.15) is 51.0 Å². The third-order valence-electron chi connectivity index (χ3n) is 5.75. The highest BCUT2D eigenvalue weighted by molar-refractivity contribution is 8.01. The molecule has 154 valence electrons.